The van der Waals surface area contributed by atoms with Crippen molar-refractivity contribution >= 4 is 5.91 Å². The molecule has 1 aliphatic heterocycles. The van der Waals surface area contributed by atoms with Gasteiger partial charge in [0, 0.05) is 18.8 Å². The molecule has 1 aromatic heterocycles. The Labute approximate surface area is 119 Å². The second-order valence-corrected chi connectivity index (χ2v) is 5.60. The van der Waals surface area contributed by atoms with Crippen LogP contribution in [0.5, 0.6) is 5.75 Å². The minimum Gasteiger partial charge on any atom is -0.495 e. The van der Waals surface area contributed by atoms with E-state index in [-0.39, 0.29) is 5.91 Å². The molecule has 2 heterocycles. The van der Waals surface area contributed by atoms with Crippen LogP contribution in [0.2, 0.25) is 0 Å². The molecule has 0 radical (unpaired) electrons. The summed E-state index contributed by atoms with van der Waals surface area (Å²) < 4.78 is 5.04. The molecular weight excluding hydrogens is 256 g/mol. The van der Waals surface area contributed by atoms with Gasteiger partial charge in [-0.2, -0.15) is 0 Å². The quantitative estimate of drug-likeness (QED) is 0.907. The molecule has 0 saturated carbocycles. The Kier molecular flexibility index (Phi) is 4.60. The van der Waals surface area contributed by atoms with Crippen LogP contribution in [0.25, 0.3) is 0 Å². The minimum absolute atomic E-state index is 0.0698. The summed E-state index contributed by atoms with van der Waals surface area (Å²) in [6.07, 6.45) is 4.14. The molecule has 1 fully saturated rings. The van der Waals surface area contributed by atoms with Gasteiger partial charge in [-0.05, 0) is 38.3 Å². The molecule has 0 aromatic carbocycles. The van der Waals surface area contributed by atoms with Crippen molar-refractivity contribution in [3.05, 3.63) is 24.0 Å². The zero-order valence-corrected chi connectivity index (χ0v) is 12.1. The highest BCUT2D eigenvalue weighted by molar-refractivity contribution is 5.78. The van der Waals surface area contributed by atoms with Gasteiger partial charge in [-0.15, -0.1) is 0 Å². The average Bonchev–Trinajstić information content (AvgIpc) is 2.60. The maximum absolute atomic E-state index is 12.3. The number of nitrogens with zero attached hydrogens (tertiary/aromatic N) is 2. The standard InChI is InChI=1S/C15H22N2O3/c1-15(19)6-3-8-17(9-7-15)14(18)10-12-4-5-13(20-2)11-16-12/h4-5,11,19H,3,6-10H2,1-2H3. The van der Waals surface area contributed by atoms with Crippen LogP contribution < -0.4 is 4.74 Å². The number of aliphatic hydroxyl groups is 1. The molecule has 5 heteroatoms. The van der Waals surface area contributed by atoms with Crippen molar-refractivity contribution in [2.24, 2.45) is 0 Å². The van der Waals surface area contributed by atoms with E-state index in [9.17, 15) is 9.90 Å². The topological polar surface area (TPSA) is 62.7 Å². The smallest absolute Gasteiger partial charge is 0.228 e. The first-order valence-corrected chi connectivity index (χ1v) is 6.99. The maximum Gasteiger partial charge on any atom is 0.228 e. The zero-order chi connectivity index (χ0) is 14.6. The van der Waals surface area contributed by atoms with Crippen LogP contribution in [-0.2, 0) is 11.2 Å². The van der Waals surface area contributed by atoms with E-state index in [2.05, 4.69) is 4.98 Å². The van der Waals surface area contributed by atoms with Gasteiger partial charge in [-0.3, -0.25) is 9.78 Å². The molecule has 0 spiro atoms. The Morgan fingerprint density at radius 2 is 2.25 bits per heavy atom. The van der Waals surface area contributed by atoms with Crippen molar-refractivity contribution < 1.29 is 14.6 Å². The number of rotatable bonds is 3. The number of likely N-dealkylation sites (tertiary alicyclic amines) is 1. The Morgan fingerprint density at radius 3 is 2.90 bits per heavy atom. The number of amides is 1. The fraction of sp³-hybridized carbons (Fsp3) is 0.600. The highest BCUT2D eigenvalue weighted by Gasteiger charge is 2.27. The summed E-state index contributed by atoms with van der Waals surface area (Å²) in [5, 5.41) is 10.0. The molecule has 1 amide bonds. The van der Waals surface area contributed by atoms with E-state index in [1.54, 1.807) is 13.3 Å². The number of carbonyl (C=O) groups is 1. The maximum atomic E-state index is 12.3. The van der Waals surface area contributed by atoms with Gasteiger partial charge < -0.3 is 14.7 Å². The largest absolute Gasteiger partial charge is 0.495 e. The second kappa shape index (κ2) is 6.22. The molecule has 1 atom stereocenters. The van der Waals surface area contributed by atoms with Crippen LogP contribution in [0.4, 0.5) is 0 Å². The lowest BCUT2D eigenvalue weighted by Gasteiger charge is -2.22. The molecule has 1 saturated heterocycles. The van der Waals surface area contributed by atoms with Crippen LogP contribution in [0.15, 0.2) is 18.3 Å². The molecule has 2 rings (SSSR count). The lowest BCUT2D eigenvalue weighted by molar-refractivity contribution is -0.130. The zero-order valence-electron chi connectivity index (χ0n) is 12.1. The van der Waals surface area contributed by atoms with Gasteiger partial charge in [0.25, 0.3) is 0 Å². The molecule has 20 heavy (non-hydrogen) atoms. The first-order chi connectivity index (χ1) is 9.50. The van der Waals surface area contributed by atoms with Crippen LogP contribution in [-0.4, -0.2) is 46.7 Å². The van der Waals surface area contributed by atoms with Crippen molar-refractivity contribution in [3.63, 3.8) is 0 Å². The van der Waals surface area contributed by atoms with Gasteiger partial charge >= 0.3 is 0 Å². The van der Waals surface area contributed by atoms with Crippen LogP contribution in [0.1, 0.15) is 31.9 Å². The van der Waals surface area contributed by atoms with Gasteiger partial charge in [-0.25, -0.2) is 0 Å². The Balaban J connectivity index is 1.93. The average molecular weight is 278 g/mol. The number of carbonyl (C=O) groups excluding carboxylic acids is 1. The number of hydrogen-bond acceptors (Lipinski definition) is 4. The monoisotopic (exact) mass is 278 g/mol. The van der Waals surface area contributed by atoms with Gasteiger partial charge in [0.05, 0.1) is 25.3 Å². The summed E-state index contributed by atoms with van der Waals surface area (Å²) >= 11 is 0. The summed E-state index contributed by atoms with van der Waals surface area (Å²) in [5.74, 6) is 0.757. The fourth-order valence-electron chi connectivity index (χ4n) is 2.42. The first-order valence-electron chi connectivity index (χ1n) is 6.99. The van der Waals surface area contributed by atoms with Crippen molar-refractivity contribution in [2.75, 3.05) is 20.2 Å². The van der Waals surface area contributed by atoms with Gasteiger partial charge in [0.1, 0.15) is 5.75 Å². The third-order valence-electron chi connectivity index (χ3n) is 3.78. The molecule has 1 unspecified atom stereocenters. The predicted octanol–water partition coefficient (Wildman–Crippen LogP) is 1.40. The van der Waals surface area contributed by atoms with Crippen molar-refractivity contribution in [1.29, 1.82) is 0 Å². The molecule has 1 aromatic rings. The lowest BCUT2D eigenvalue weighted by atomic mass is 9.98. The van der Waals surface area contributed by atoms with E-state index in [0.29, 0.717) is 31.7 Å². The van der Waals surface area contributed by atoms with Crippen molar-refractivity contribution in [2.45, 2.75) is 38.2 Å². The summed E-state index contributed by atoms with van der Waals surface area (Å²) in [7, 11) is 1.59. The molecular formula is C15H22N2O3. The Morgan fingerprint density at radius 1 is 1.45 bits per heavy atom. The summed E-state index contributed by atoms with van der Waals surface area (Å²) in [5.41, 5.74) is 0.0970. The highest BCUT2D eigenvalue weighted by atomic mass is 16.5. The summed E-state index contributed by atoms with van der Waals surface area (Å²) in [6, 6.07) is 3.62. The van der Waals surface area contributed by atoms with Gasteiger partial charge in [-0.1, -0.05) is 0 Å². The number of methoxy groups -OCH3 is 1. The highest BCUT2D eigenvalue weighted by Crippen LogP contribution is 2.21. The number of ether oxygens (including phenoxy) is 1. The van der Waals surface area contributed by atoms with E-state index < -0.39 is 5.60 Å². The van der Waals surface area contributed by atoms with Crippen LogP contribution >= 0.6 is 0 Å². The first kappa shape index (κ1) is 14.8. The third-order valence-corrected chi connectivity index (χ3v) is 3.78. The van der Waals surface area contributed by atoms with Gasteiger partial charge in [0.15, 0.2) is 0 Å². The van der Waals surface area contributed by atoms with Crippen LogP contribution in [0, 0.1) is 0 Å². The number of pyridine rings is 1. The van der Waals surface area contributed by atoms with E-state index in [1.807, 2.05) is 24.0 Å². The normalized spacial score (nSPS) is 23.2. The van der Waals surface area contributed by atoms with E-state index in [1.165, 1.54) is 0 Å². The number of hydrogen-bond donors (Lipinski definition) is 1. The fourth-order valence-corrected chi connectivity index (χ4v) is 2.42. The van der Waals surface area contributed by atoms with Crippen molar-refractivity contribution in [1.82, 2.24) is 9.88 Å². The Bertz CT molecular complexity index is 457. The molecule has 1 aliphatic rings. The molecule has 0 bridgehead atoms. The van der Waals surface area contributed by atoms with E-state index in [4.69, 9.17) is 4.74 Å². The van der Waals surface area contributed by atoms with Crippen LogP contribution in [0.3, 0.4) is 0 Å². The van der Waals surface area contributed by atoms with Gasteiger partial charge in [0.2, 0.25) is 5.91 Å². The summed E-state index contributed by atoms with van der Waals surface area (Å²) in [4.78, 5) is 18.3. The third kappa shape index (κ3) is 3.93. The van der Waals surface area contributed by atoms with E-state index in [0.717, 1.165) is 18.5 Å². The molecule has 1 N–H and O–H groups in total. The molecule has 0 aliphatic carbocycles. The second-order valence-electron chi connectivity index (χ2n) is 5.60. The molecule has 110 valence electrons. The lowest BCUT2D eigenvalue weighted by Crippen LogP contribution is -2.34. The summed E-state index contributed by atoms with van der Waals surface area (Å²) in [6.45, 7) is 3.17. The molecule has 5 nitrogen and oxygen atoms in total. The Hall–Kier alpha value is -1.62. The van der Waals surface area contributed by atoms with Crippen molar-refractivity contribution in [3.8, 4) is 5.75 Å². The minimum atomic E-state index is -0.645. The SMILES string of the molecule is COc1ccc(CC(=O)N2CCCC(C)(O)CC2)nc1. The predicted molar refractivity (Wildman–Crippen MR) is 75.5 cm³/mol. The number of aromatic nitrogens is 1. The van der Waals surface area contributed by atoms with E-state index >= 15 is 0 Å².